The maximum Gasteiger partial charge on any atom is 0.256 e. The standard InChI is InChI=1S/C16H24N2O2/c1-12(17)14-9-6-10-18(11-14)16(19)15(20-2)13-7-4-3-5-8-13/h3-5,7-8,12,14-15H,6,9-11,17H2,1-2H3/t12-,14+,15+/m1/s1. The number of carbonyl (C=O) groups excluding carboxylic acids is 1. The third-order valence-electron chi connectivity index (χ3n) is 4.08. The second-order valence-electron chi connectivity index (χ2n) is 5.57. The van der Waals surface area contributed by atoms with Crippen molar-refractivity contribution in [2.75, 3.05) is 20.2 Å². The number of carbonyl (C=O) groups is 1. The summed E-state index contributed by atoms with van der Waals surface area (Å²) in [4.78, 5) is 14.6. The first kappa shape index (κ1) is 15.0. The Bertz CT molecular complexity index is 433. The number of nitrogens with two attached hydrogens (primary N) is 1. The second kappa shape index (κ2) is 6.86. The number of hydrogen-bond donors (Lipinski definition) is 1. The molecule has 4 heteroatoms. The number of benzene rings is 1. The molecule has 2 rings (SSSR count). The third kappa shape index (κ3) is 3.38. The van der Waals surface area contributed by atoms with Crippen LogP contribution in [-0.4, -0.2) is 37.0 Å². The van der Waals surface area contributed by atoms with Gasteiger partial charge in [-0.3, -0.25) is 4.79 Å². The highest BCUT2D eigenvalue weighted by atomic mass is 16.5. The second-order valence-corrected chi connectivity index (χ2v) is 5.57. The van der Waals surface area contributed by atoms with Crippen LogP contribution in [0.4, 0.5) is 0 Å². The summed E-state index contributed by atoms with van der Waals surface area (Å²) in [5.74, 6) is 0.435. The lowest BCUT2D eigenvalue weighted by Crippen LogP contribution is -2.46. The summed E-state index contributed by atoms with van der Waals surface area (Å²) in [6.07, 6.45) is 1.61. The van der Waals surface area contributed by atoms with Gasteiger partial charge >= 0.3 is 0 Å². The molecule has 1 saturated heterocycles. The average molecular weight is 276 g/mol. The third-order valence-corrected chi connectivity index (χ3v) is 4.08. The van der Waals surface area contributed by atoms with Crippen LogP contribution in [-0.2, 0) is 9.53 Å². The van der Waals surface area contributed by atoms with Crippen LogP contribution in [0.15, 0.2) is 30.3 Å². The van der Waals surface area contributed by atoms with Crippen LogP contribution in [0.3, 0.4) is 0 Å². The normalized spacial score (nSPS) is 22.4. The monoisotopic (exact) mass is 276 g/mol. The molecule has 1 fully saturated rings. The molecule has 1 aromatic carbocycles. The lowest BCUT2D eigenvalue weighted by atomic mass is 9.91. The SMILES string of the molecule is CO[C@H](C(=O)N1CCC[C@H]([C@@H](C)N)C1)c1ccccc1. The van der Waals surface area contributed by atoms with Crippen molar-refractivity contribution in [1.82, 2.24) is 4.90 Å². The molecule has 1 aliphatic rings. The average Bonchev–Trinajstić information content (AvgIpc) is 2.49. The predicted molar refractivity (Wildman–Crippen MR) is 79.1 cm³/mol. The molecule has 0 bridgehead atoms. The zero-order valence-corrected chi connectivity index (χ0v) is 12.3. The highest BCUT2D eigenvalue weighted by Gasteiger charge is 2.30. The Hall–Kier alpha value is -1.39. The van der Waals surface area contributed by atoms with E-state index < -0.39 is 6.10 Å². The van der Waals surface area contributed by atoms with Crippen molar-refractivity contribution >= 4 is 5.91 Å². The molecule has 3 atom stereocenters. The number of likely N-dealkylation sites (tertiary alicyclic amines) is 1. The summed E-state index contributed by atoms with van der Waals surface area (Å²) in [6.45, 7) is 3.56. The molecule has 0 aromatic heterocycles. The highest BCUT2D eigenvalue weighted by Crippen LogP contribution is 2.24. The minimum absolute atomic E-state index is 0.0454. The molecule has 0 radical (unpaired) electrons. The van der Waals surface area contributed by atoms with Crippen LogP contribution in [0.1, 0.15) is 31.4 Å². The Labute approximate surface area is 120 Å². The molecule has 1 heterocycles. The van der Waals surface area contributed by atoms with Gasteiger partial charge in [0.15, 0.2) is 6.10 Å². The number of hydrogen-bond acceptors (Lipinski definition) is 3. The van der Waals surface area contributed by atoms with Gasteiger partial charge in [0.25, 0.3) is 5.91 Å². The quantitative estimate of drug-likeness (QED) is 0.914. The van der Waals surface area contributed by atoms with E-state index in [1.165, 1.54) is 0 Å². The summed E-state index contributed by atoms with van der Waals surface area (Å²) in [5, 5.41) is 0. The Kier molecular flexibility index (Phi) is 5.15. The lowest BCUT2D eigenvalue weighted by Gasteiger charge is -2.36. The summed E-state index contributed by atoms with van der Waals surface area (Å²) in [6, 6.07) is 9.78. The Morgan fingerprint density at radius 3 is 2.70 bits per heavy atom. The van der Waals surface area contributed by atoms with E-state index in [1.807, 2.05) is 42.2 Å². The number of ether oxygens (including phenoxy) is 1. The molecule has 0 unspecified atom stereocenters. The molecule has 20 heavy (non-hydrogen) atoms. The molecule has 1 amide bonds. The van der Waals surface area contributed by atoms with Gasteiger partial charge in [-0.05, 0) is 31.2 Å². The van der Waals surface area contributed by atoms with Gasteiger partial charge in [-0.15, -0.1) is 0 Å². The molecule has 0 aliphatic carbocycles. The number of nitrogens with zero attached hydrogens (tertiary/aromatic N) is 1. The van der Waals surface area contributed by atoms with Gasteiger partial charge in [-0.1, -0.05) is 30.3 Å². The summed E-state index contributed by atoms with van der Waals surface area (Å²) in [7, 11) is 1.59. The van der Waals surface area contributed by atoms with E-state index in [0.717, 1.165) is 31.5 Å². The van der Waals surface area contributed by atoms with Gasteiger partial charge in [0.2, 0.25) is 0 Å². The number of amides is 1. The zero-order valence-electron chi connectivity index (χ0n) is 12.3. The maximum atomic E-state index is 12.7. The van der Waals surface area contributed by atoms with Gasteiger partial charge in [0.05, 0.1) is 0 Å². The Balaban J connectivity index is 2.09. The number of piperidine rings is 1. The van der Waals surface area contributed by atoms with E-state index >= 15 is 0 Å². The van der Waals surface area contributed by atoms with Crippen molar-refractivity contribution in [1.29, 1.82) is 0 Å². The van der Waals surface area contributed by atoms with Crippen molar-refractivity contribution in [3.8, 4) is 0 Å². The molecular formula is C16H24N2O2. The minimum atomic E-state index is -0.511. The van der Waals surface area contributed by atoms with Crippen molar-refractivity contribution in [2.45, 2.75) is 31.9 Å². The van der Waals surface area contributed by atoms with Crippen LogP contribution < -0.4 is 5.73 Å². The van der Waals surface area contributed by atoms with Crippen molar-refractivity contribution in [3.05, 3.63) is 35.9 Å². The van der Waals surface area contributed by atoms with Gasteiger partial charge in [-0.2, -0.15) is 0 Å². The molecule has 0 spiro atoms. The van der Waals surface area contributed by atoms with E-state index in [0.29, 0.717) is 5.92 Å². The minimum Gasteiger partial charge on any atom is -0.367 e. The molecule has 2 N–H and O–H groups in total. The highest BCUT2D eigenvalue weighted by molar-refractivity contribution is 5.82. The predicted octanol–water partition coefficient (Wildman–Crippen LogP) is 1.96. The number of methoxy groups -OCH3 is 1. The molecular weight excluding hydrogens is 252 g/mol. The fourth-order valence-corrected chi connectivity index (χ4v) is 2.81. The zero-order chi connectivity index (χ0) is 14.5. The lowest BCUT2D eigenvalue weighted by molar-refractivity contribution is -0.144. The van der Waals surface area contributed by atoms with Gasteiger partial charge in [-0.25, -0.2) is 0 Å². The Morgan fingerprint density at radius 2 is 2.10 bits per heavy atom. The van der Waals surface area contributed by atoms with Crippen LogP contribution in [0, 0.1) is 5.92 Å². The topological polar surface area (TPSA) is 55.6 Å². The van der Waals surface area contributed by atoms with Crippen molar-refractivity contribution in [3.63, 3.8) is 0 Å². The van der Waals surface area contributed by atoms with E-state index in [4.69, 9.17) is 10.5 Å². The fourth-order valence-electron chi connectivity index (χ4n) is 2.81. The van der Waals surface area contributed by atoms with Gasteiger partial charge in [0, 0.05) is 26.2 Å². The van der Waals surface area contributed by atoms with Crippen molar-refractivity contribution < 1.29 is 9.53 Å². The van der Waals surface area contributed by atoms with Crippen LogP contribution in [0.2, 0.25) is 0 Å². The fraction of sp³-hybridized carbons (Fsp3) is 0.562. The van der Waals surface area contributed by atoms with E-state index in [9.17, 15) is 4.79 Å². The largest absolute Gasteiger partial charge is 0.367 e. The van der Waals surface area contributed by atoms with E-state index in [-0.39, 0.29) is 11.9 Å². The van der Waals surface area contributed by atoms with Crippen LogP contribution in [0.25, 0.3) is 0 Å². The maximum absolute atomic E-state index is 12.7. The Morgan fingerprint density at radius 1 is 1.40 bits per heavy atom. The molecule has 1 aromatic rings. The molecule has 1 aliphatic heterocycles. The van der Waals surface area contributed by atoms with Crippen LogP contribution in [0.5, 0.6) is 0 Å². The first-order chi connectivity index (χ1) is 9.63. The van der Waals surface area contributed by atoms with E-state index in [1.54, 1.807) is 7.11 Å². The summed E-state index contributed by atoms with van der Waals surface area (Å²) in [5.41, 5.74) is 6.89. The summed E-state index contributed by atoms with van der Waals surface area (Å²) >= 11 is 0. The van der Waals surface area contributed by atoms with Crippen LogP contribution >= 0.6 is 0 Å². The first-order valence-corrected chi connectivity index (χ1v) is 7.25. The molecule has 0 saturated carbocycles. The van der Waals surface area contributed by atoms with Gasteiger partial charge < -0.3 is 15.4 Å². The summed E-state index contributed by atoms with van der Waals surface area (Å²) < 4.78 is 5.42. The van der Waals surface area contributed by atoms with Gasteiger partial charge in [0.1, 0.15) is 0 Å². The van der Waals surface area contributed by atoms with E-state index in [2.05, 4.69) is 0 Å². The number of rotatable bonds is 4. The molecule has 110 valence electrons. The first-order valence-electron chi connectivity index (χ1n) is 7.25. The van der Waals surface area contributed by atoms with Crippen molar-refractivity contribution in [2.24, 2.45) is 11.7 Å². The smallest absolute Gasteiger partial charge is 0.256 e. The molecule has 4 nitrogen and oxygen atoms in total.